The summed E-state index contributed by atoms with van der Waals surface area (Å²) >= 11 is 5.81. The van der Waals surface area contributed by atoms with Crippen molar-refractivity contribution in [3.05, 3.63) is 64.4 Å². The molecule has 0 fully saturated rings. The second-order valence-electron chi connectivity index (χ2n) is 6.94. The van der Waals surface area contributed by atoms with E-state index in [0.717, 1.165) is 37.5 Å². The van der Waals surface area contributed by atoms with Crippen LogP contribution >= 0.6 is 11.6 Å². The molecule has 0 aliphatic carbocycles. The summed E-state index contributed by atoms with van der Waals surface area (Å²) in [5.41, 5.74) is 2.09. The van der Waals surface area contributed by atoms with Gasteiger partial charge < -0.3 is 10.6 Å². The third-order valence-electron chi connectivity index (χ3n) is 4.78. The molecule has 1 aromatic carbocycles. The van der Waals surface area contributed by atoms with Crippen LogP contribution in [-0.4, -0.2) is 53.8 Å². The van der Waals surface area contributed by atoms with Crippen molar-refractivity contribution in [3.8, 4) is 0 Å². The predicted molar refractivity (Wildman–Crippen MR) is 118 cm³/mol. The Hall–Kier alpha value is -2.93. The van der Waals surface area contributed by atoms with Gasteiger partial charge in [-0.05, 0) is 49.9 Å². The van der Waals surface area contributed by atoms with Crippen LogP contribution < -0.4 is 10.6 Å². The standard InChI is InChI=1S/C22H26ClN5O2/c1-2-24-22(26-13-11-16-9-10-19(23)27-15-16)25-12-5-6-14-28-20(29)17-7-3-4-8-18(17)21(28)30/h3-4,7-10,15H,2,5-6,11-14H2,1H3,(H2,24,25,26). The maximum absolute atomic E-state index is 12.4. The molecule has 30 heavy (non-hydrogen) atoms. The second kappa shape index (κ2) is 10.7. The summed E-state index contributed by atoms with van der Waals surface area (Å²) in [6, 6.07) is 10.7. The van der Waals surface area contributed by atoms with Crippen LogP contribution in [0, 0.1) is 0 Å². The lowest BCUT2D eigenvalue weighted by molar-refractivity contribution is 0.0652. The molecule has 2 heterocycles. The maximum atomic E-state index is 12.4. The number of pyridine rings is 1. The highest BCUT2D eigenvalue weighted by molar-refractivity contribution is 6.29. The first-order valence-corrected chi connectivity index (χ1v) is 10.6. The van der Waals surface area contributed by atoms with Crippen LogP contribution in [0.1, 0.15) is 46.0 Å². The summed E-state index contributed by atoms with van der Waals surface area (Å²) in [7, 11) is 0. The van der Waals surface area contributed by atoms with E-state index >= 15 is 0 Å². The van der Waals surface area contributed by atoms with Crippen molar-refractivity contribution < 1.29 is 9.59 Å². The fourth-order valence-electron chi connectivity index (χ4n) is 3.24. The van der Waals surface area contributed by atoms with Gasteiger partial charge in [0.25, 0.3) is 11.8 Å². The van der Waals surface area contributed by atoms with Crippen molar-refractivity contribution in [2.75, 3.05) is 26.2 Å². The zero-order valence-corrected chi connectivity index (χ0v) is 17.8. The number of imide groups is 1. The molecule has 2 N–H and O–H groups in total. The van der Waals surface area contributed by atoms with Crippen molar-refractivity contribution in [2.45, 2.75) is 26.2 Å². The Morgan fingerprint density at radius 3 is 2.43 bits per heavy atom. The van der Waals surface area contributed by atoms with E-state index in [9.17, 15) is 9.59 Å². The number of rotatable bonds is 9. The van der Waals surface area contributed by atoms with Crippen molar-refractivity contribution in [2.24, 2.45) is 4.99 Å². The lowest BCUT2D eigenvalue weighted by atomic mass is 10.1. The molecule has 0 atom stereocenters. The maximum Gasteiger partial charge on any atom is 0.261 e. The highest BCUT2D eigenvalue weighted by atomic mass is 35.5. The molecule has 1 aromatic heterocycles. The number of fused-ring (bicyclic) bond motifs is 1. The smallest absolute Gasteiger partial charge is 0.261 e. The van der Waals surface area contributed by atoms with E-state index in [1.807, 2.05) is 13.0 Å². The van der Waals surface area contributed by atoms with Gasteiger partial charge in [-0.25, -0.2) is 4.98 Å². The largest absolute Gasteiger partial charge is 0.357 e. The van der Waals surface area contributed by atoms with Crippen LogP contribution in [0.5, 0.6) is 0 Å². The Morgan fingerprint density at radius 1 is 1.07 bits per heavy atom. The number of carbonyl (C=O) groups excluding carboxylic acids is 2. The molecule has 8 heteroatoms. The van der Waals surface area contributed by atoms with E-state index in [-0.39, 0.29) is 11.8 Å². The molecule has 2 aromatic rings. The molecule has 0 unspecified atom stereocenters. The van der Waals surface area contributed by atoms with Gasteiger partial charge in [0.15, 0.2) is 5.96 Å². The van der Waals surface area contributed by atoms with Crippen molar-refractivity contribution >= 4 is 29.4 Å². The summed E-state index contributed by atoms with van der Waals surface area (Å²) in [4.78, 5) is 34.7. The van der Waals surface area contributed by atoms with Crippen LogP contribution in [-0.2, 0) is 6.42 Å². The van der Waals surface area contributed by atoms with E-state index in [4.69, 9.17) is 11.6 Å². The number of aromatic nitrogens is 1. The highest BCUT2D eigenvalue weighted by Gasteiger charge is 2.34. The van der Waals surface area contributed by atoms with Gasteiger partial charge in [0.2, 0.25) is 0 Å². The zero-order chi connectivity index (χ0) is 21.3. The summed E-state index contributed by atoms with van der Waals surface area (Å²) in [5, 5.41) is 7.01. The van der Waals surface area contributed by atoms with Gasteiger partial charge in [-0.1, -0.05) is 29.8 Å². The average Bonchev–Trinajstić information content (AvgIpc) is 3.00. The molecule has 0 saturated carbocycles. The summed E-state index contributed by atoms with van der Waals surface area (Å²) in [5.74, 6) is 0.344. The van der Waals surface area contributed by atoms with Gasteiger partial charge in [-0.15, -0.1) is 0 Å². The number of halogens is 1. The van der Waals surface area contributed by atoms with E-state index in [0.29, 0.717) is 35.8 Å². The highest BCUT2D eigenvalue weighted by Crippen LogP contribution is 2.22. The van der Waals surface area contributed by atoms with Gasteiger partial charge in [0, 0.05) is 32.4 Å². The van der Waals surface area contributed by atoms with Crippen LogP contribution in [0.15, 0.2) is 47.6 Å². The molecule has 3 rings (SSSR count). The van der Waals surface area contributed by atoms with E-state index in [2.05, 4.69) is 20.6 Å². The normalized spacial score (nSPS) is 13.5. The van der Waals surface area contributed by atoms with Gasteiger partial charge in [-0.2, -0.15) is 0 Å². The number of nitrogens with one attached hydrogen (secondary N) is 2. The van der Waals surface area contributed by atoms with E-state index in [1.54, 1.807) is 36.5 Å². The minimum Gasteiger partial charge on any atom is -0.357 e. The Morgan fingerprint density at radius 2 is 1.80 bits per heavy atom. The molecular formula is C22H26ClN5O2. The first-order chi connectivity index (χ1) is 14.6. The third kappa shape index (κ3) is 5.57. The Labute approximate surface area is 181 Å². The minimum atomic E-state index is -0.203. The van der Waals surface area contributed by atoms with Gasteiger partial charge in [-0.3, -0.25) is 19.5 Å². The van der Waals surface area contributed by atoms with Gasteiger partial charge >= 0.3 is 0 Å². The van der Waals surface area contributed by atoms with Crippen molar-refractivity contribution in [1.82, 2.24) is 20.5 Å². The van der Waals surface area contributed by atoms with Gasteiger partial charge in [0.05, 0.1) is 11.1 Å². The van der Waals surface area contributed by atoms with E-state index in [1.165, 1.54) is 4.90 Å². The minimum absolute atomic E-state index is 0.203. The quantitative estimate of drug-likeness (QED) is 0.211. The number of aliphatic imine (C=N–C) groups is 1. The van der Waals surface area contributed by atoms with Crippen molar-refractivity contribution in [1.29, 1.82) is 0 Å². The third-order valence-corrected chi connectivity index (χ3v) is 5.00. The molecule has 7 nitrogen and oxygen atoms in total. The Bertz CT molecular complexity index is 879. The molecule has 0 bridgehead atoms. The average molecular weight is 428 g/mol. The molecule has 0 radical (unpaired) electrons. The molecule has 1 aliphatic rings. The molecule has 2 amide bonds. The summed E-state index contributed by atoms with van der Waals surface area (Å²) < 4.78 is 0. The lowest BCUT2D eigenvalue weighted by Crippen LogP contribution is -2.38. The number of benzene rings is 1. The second-order valence-corrected chi connectivity index (χ2v) is 7.33. The van der Waals surface area contributed by atoms with Crippen LogP contribution in [0.4, 0.5) is 0 Å². The zero-order valence-electron chi connectivity index (χ0n) is 17.0. The number of carbonyl (C=O) groups is 2. The molecule has 1 aliphatic heterocycles. The van der Waals surface area contributed by atoms with Crippen LogP contribution in [0.25, 0.3) is 0 Å². The molecular weight excluding hydrogens is 402 g/mol. The number of hydrogen-bond acceptors (Lipinski definition) is 4. The summed E-state index contributed by atoms with van der Waals surface area (Å²) in [6.07, 6.45) is 4.08. The molecule has 158 valence electrons. The fraction of sp³-hybridized carbons (Fsp3) is 0.364. The van der Waals surface area contributed by atoms with Crippen molar-refractivity contribution in [3.63, 3.8) is 0 Å². The monoisotopic (exact) mass is 427 g/mol. The number of amides is 2. The summed E-state index contributed by atoms with van der Waals surface area (Å²) in [6.45, 7) is 4.53. The first kappa shape index (κ1) is 21.8. The molecule has 0 saturated heterocycles. The van der Waals surface area contributed by atoms with Gasteiger partial charge in [0.1, 0.15) is 5.15 Å². The number of nitrogens with zero attached hydrogens (tertiary/aromatic N) is 3. The van der Waals surface area contributed by atoms with E-state index < -0.39 is 0 Å². The topological polar surface area (TPSA) is 86.7 Å². The first-order valence-electron chi connectivity index (χ1n) is 10.2. The number of guanidine groups is 1. The molecule has 0 spiro atoms. The lowest BCUT2D eigenvalue weighted by Gasteiger charge is -2.13. The van der Waals surface area contributed by atoms with Crippen LogP contribution in [0.3, 0.4) is 0 Å². The number of hydrogen-bond donors (Lipinski definition) is 2. The SMILES string of the molecule is CCNC(=NCCCCN1C(=O)c2ccccc2C1=O)NCCc1ccc(Cl)nc1. The Kier molecular flexibility index (Phi) is 7.79. The van der Waals surface area contributed by atoms with Crippen LogP contribution in [0.2, 0.25) is 5.15 Å². The Balaban J connectivity index is 1.41. The predicted octanol–water partition coefficient (Wildman–Crippen LogP) is 2.91. The number of unbranched alkanes of at least 4 members (excludes halogenated alkanes) is 1. The fourth-order valence-corrected chi connectivity index (χ4v) is 3.35.